The molecule has 1 aromatic heterocycles. The number of carbonyl (C=O) groups is 1. The molecule has 0 radical (unpaired) electrons. The summed E-state index contributed by atoms with van der Waals surface area (Å²) < 4.78 is 38.2. The zero-order valence-electron chi connectivity index (χ0n) is 21.5. The Balaban J connectivity index is 2.06. The lowest BCUT2D eigenvalue weighted by atomic mass is 10.0. The monoisotopic (exact) mass is 514 g/mol. The van der Waals surface area contributed by atoms with Crippen LogP contribution in [0.25, 0.3) is 10.8 Å². The molecule has 9 nitrogen and oxygen atoms in total. The first-order valence-corrected chi connectivity index (χ1v) is 13.2. The maximum Gasteiger partial charge on any atom is 0.260 e. The zero-order valence-corrected chi connectivity index (χ0v) is 22.3. The number of rotatable bonds is 9. The summed E-state index contributed by atoms with van der Waals surface area (Å²) in [6.07, 6.45) is 1.52. The topological polar surface area (TPSA) is 133 Å². The number of nitrogens with one attached hydrogen (secondary N) is 2. The normalized spacial score (nSPS) is 12.9. The highest BCUT2D eigenvalue weighted by Crippen LogP contribution is 2.33. The van der Waals surface area contributed by atoms with Gasteiger partial charge in [0.15, 0.2) is 11.5 Å². The molecule has 3 aromatic rings. The lowest BCUT2D eigenvalue weighted by Gasteiger charge is -2.25. The fourth-order valence-corrected chi connectivity index (χ4v) is 4.12. The van der Waals surface area contributed by atoms with Crippen LogP contribution in [0, 0.1) is 0 Å². The highest BCUT2D eigenvalue weighted by atomic mass is 32.2. The van der Waals surface area contributed by atoms with E-state index in [0.29, 0.717) is 35.2 Å². The fraction of sp³-hybridized carbons (Fsp3) is 0.385. The molecule has 0 spiro atoms. The molecular weight excluding hydrogens is 480 g/mol. The Hall–Kier alpha value is -3.53. The number of carbonyl (C=O) groups excluding carboxylic acids is 1. The van der Waals surface area contributed by atoms with Crippen LogP contribution in [0.4, 0.5) is 11.5 Å². The Kier molecular flexibility index (Phi) is 7.98. The van der Waals surface area contributed by atoms with Crippen LogP contribution in [0.5, 0.6) is 11.5 Å². The molecule has 0 aliphatic heterocycles. The summed E-state index contributed by atoms with van der Waals surface area (Å²) in [6, 6.07) is 11.3. The summed E-state index contributed by atoms with van der Waals surface area (Å²) in [5.41, 5.74) is 7.07. The van der Waals surface area contributed by atoms with Crippen LogP contribution in [0.3, 0.4) is 0 Å². The van der Waals surface area contributed by atoms with Crippen LogP contribution >= 0.6 is 0 Å². The van der Waals surface area contributed by atoms with Crippen molar-refractivity contribution in [2.24, 2.45) is 0 Å². The minimum absolute atomic E-state index is 0.0799. The van der Waals surface area contributed by atoms with E-state index in [-0.39, 0.29) is 6.10 Å². The second-order valence-corrected chi connectivity index (χ2v) is 12.0. The van der Waals surface area contributed by atoms with Gasteiger partial charge in [-0.25, -0.2) is 13.4 Å². The SMILES string of the molecule is CCOc1cc(C(Nc2ccc3c(N)nccc3c2)C(=O)NS(=O)(=O)C(C)(C)C)ccc1OC(C)C. The van der Waals surface area contributed by atoms with Gasteiger partial charge in [0, 0.05) is 17.3 Å². The number of benzene rings is 2. The molecule has 0 saturated carbocycles. The molecule has 36 heavy (non-hydrogen) atoms. The maximum absolute atomic E-state index is 13.4. The van der Waals surface area contributed by atoms with E-state index < -0.39 is 26.7 Å². The van der Waals surface area contributed by atoms with Crippen molar-refractivity contribution in [1.82, 2.24) is 9.71 Å². The summed E-state index contributed by atoms with van der Waals surface area (Å²) >= 11 is 0. The largest absolute Gasteiger partial charge is 0.490 e. The second-order valence-electron chi connectivity index (χ2n) is 9.60. The third kappa shape index (κ3) is 6.17. The third-order valence-electron chi connectivity index (χ3n) is 5.37. The molecule has 2 aromatic carbocycles. The van der Waals surface area contributed by atoms with E-state index in [1.807, 2.05) is 26.8 Å². The van der Waals surface area contributed by atoms with E-state index in [1.54, 1.807) is 42.6 Å². The maximum atomic E-state index is 13.4. The van der Waals surface area contributed by atoms with Crippen molar-refractivity contribution < 1.29 is 22.7 Å². The van der Waals surface area contributed by atoms with Crippen LogP contribution < -0.4 is 25.2 Å². The average molecular weight is 515 g/mol. The van der Waals surface area contributed by atoms with Crippen LogP contribution in [-0.4, -0.2) is 36.8 Å². The number of nitrogen functional groups attached to an aromatic ring is 1. The number of amides is 1. The van der Waals surface area contributed by atoms with Crippen molar-refractivity contribution in [3.8, 4) is 11.5 Å². The fourth-order valence-electron chi connectivity index (χ4n) is 3.43. The highest BCUT2D eigenvalue weighted by molar-refractivity contribution is 7.91. The Bertz CT molecular complexity index is 1350. The van der Waals surface area contributed by atoms with Crippen molar-refractivity contribution in [1.29, 1.82) is 0 Å². The van der Waals surface area contributed by atoms with E-state index in [9.17, 15) is 13.2 Å². The number of hydrogen-bond donors (Lipinski definition) is 3. The average Bonchev–Trinajstić information content (AvgIpc) is 2.77. The molecule has 3 rings (SSSR count). The van der Waals surface area contributed by atoms with Gasteiger partial charge in [0.1, 0.15) is 11.9 Å². The van der Waals surface area contributed by atoms with Crippen molar-refractivity contribution in [2.45, 2.75) is 58.4 Å². The second kappa shape index (κ2) is 10.6. The first-order chi connectivity index (χ1) is 16.8. The van der Waals surface area contributed by atoms with Crippen molar-refractivity contribution >= 4 is 38.2 Å². The number of hydrogen-bond acceptors (Lipinski definition) is 8. The van der Waals surface area contributed by atoms with E-state index >= 15 is 0 Å². The van der Waals surface area contributed by atoms with Crippen molar-refractivity contribution in [2.75, 3.05) is 17.7 Å². The Morgan fingerprint density at radius 1 is 1.08 bits per heavy atom. The van der Waals surface area contributed by atoms with Gasteiger partial charge in [0.25, 0.3) is 5.91 Å². The lowest BCUT2D eigenvalue weighted by Crippen LogP contribution is -2.45. The molecule has 194 valence electrons. The number of pyridine rings is 1. The molecule has 0 aliphatic rings. The summed E-state index contributed by atoms with van der Waals surface area (Å²) in [6.45, 7) is 10.6. The van der Waals surface area contributed by atoms with Gasteiger partial charge in [-0.1, -0.05) is 6.07 Å². The quantitative estimate of drug-likeness (QED) is 0.383. The number of nitrogens with two attached hydrogens (primary N) is 1. The van der Waals surface area contributed by atoms with Gasteiger partial charge in [-0.3, -0.25) is 9.52 Å². The first-order valence-electron chi connectivity index (χ1n) is 11.7. The van der Waals surface area contributed by atoms with Crippen LogP contribution in [0.2, 0.25) is 0 Å². The van der Waals surface area contributed by atoms with Crippen LogP contribution in [-0.2, 0) is 14.8 Å². The highest BCUT2D eigenvalue weighted by Gasteiger charge is 2.34. The molecular formula is C26H34N4O5S. The summed E-state index contributed by atoms with van der Waals surface area (Å²) in [5.74, 6) is 0.663. The van der Waals surface area contributed by atoms with E-state index in [0.717, 1.165) is 10.8 Å². The number of sulfonamides is 1. The van der Waals surface area contributed by atoms with Gasteiger partial charge >= 0.3 is 0 Å². The zero-order chi connectivity index (χ0) is 26.7. The standard InChI is InChI=1S/C26H34N4O5S/c1-7-34-22-15-18(8-11-21(22)35-16(2)3)23(25(31)30-36(32,33)26(4,5)6)29-19-9-10-20-17(14-19)12-13-28-24(20)27/h8-16,23,29H,7H2,1-6H3,(H2,27,28)(H,30,31). The first kappa shape index (κ1) is 27.1. The molecule has 0 bridgehead atoms. The molecule has 1 amide bonds. The van der Waals surface area contributed by atoms with Crippen LogP contribution in [0.15, 0.2) is 48.7 Å². The van der Waals surface area contributed by atoms with Gasteiger partial charge < -0.3 is 20.5 Å². The summed E-state index contributed by atoms with van der Waals surface area (Å²) in [5, 5.41) is 4.77. The van der Waals surface area contributed by atoms with Gasteiger partial charge in [0.2, 0.25) is 10.0 Å². The van der Waals surface area contributed by atoms with Crippen LogP contribution in [0.1, 0.15) is 53.1 Å². The van der Waals surface area contributed by atoms with Gasteiger partial charge in [-0.05, 0) is 88.9 Å². The molecule has 0 saturated heterocycles. The number of anilines is 2. The number of aromatic nitrogens is 1. The third-order valence-corrected chi connectivity index (χ3v) is 7.46. The molecule has 10 heteroatoms. The van der Waals surface area contributed by atoms with Crippen molar-refractivity contribution in [3.63, 3.8) is 0 Å². The number of fused-ring (bicyclic) bond motifs is 1. The lowest BCUT2D eigenvalue weighted by molar-refractivity contribution is -0.120. The van der Waals surface area contributed by atoms with Gasteiger partial charge in [-0.15, -0.1) is 0 Å². The Morgan fingerprint density at radius 3 is 2.44 bits per heavy atom. The minimum Gasteiger partial charge on any atom is -0.490 e. The van der Waals surface area contributed by atoms with Gasteiger partial charge in [0.05, 0.1) is 17.5 Å². The van der Waals surface area contributed by atoms with Gasteiger partial charge in [-0.2, -0.15) is 0 Å². The minimum atomic E-state index is -3.95. The summed E-state index contributed by atoms with van der Waals surface area (Å²) in [7, 11) is -3.95. The van der Waals surface area contributed by atoms with E-state index in [4.69, 9.17) is 15.2 Å². The predicted octanol–water partition coefficient (Wildman–Crippen LogP) is 4.40. The molecule has 1 heterocycles. The Morgan fingerprint density at radius 2 is 1.81 bits per heavy atom. The molecule has 1 unspecified atom stereocenters. The number of ether oxygens (including phenoxy) is 2. The van der Waals surface area contributed by atoms with Crippen molar-refractivity contribution in [3.05, 3.63) is 54.2 Å². The molecule has 4 N–H and O–H groups in total. The molecule has 1 atom stereocenters. The molecule has 0 aliphatic carbocycles. The van der Waals surface area contributed by atoms with E-state index in [2.05, 4.69) is 15.0 Å². The molecule has 0 fully saturated rings. The summed E-state index contributed by atoms with van der Waals surface area (Å²) in [4.78, 5) is 17.5. The smallest absolute Gasteiger partial charge is 0.260 e. The Labute approximate surface area is 212 Å². The number of nitrogens with zero attached hydrogens (tertiary/aromatic N) is 1. The predicted molar refractivity (Wildman–Crippen MR) is 143 cm³/mol. The van der Waals surface area contributed by atoms with E-state index in [1.165, 1.54) is 20.8 Å².